The fourth-order valence-electron chi connectivity index (χ4n) is 3.49. The van der Waals surface area contributed by atoms with E-state index in [1.54, 1.807) is 0 Å². The van der Waals surface area contributed by atoms with Crippen LogP contribution in [0, 0.1) is 6.92 Å². The number of ether oxygens (including phenoxy) is 1. The number of rotatable bonds is 8. The summed E-state index contributed by atoms with van der Waals surface area (Å²) < 4.78 is 5.36. The Balaban J connectivity index is 1.58. The summed E-state index contributed by atoms with van der Waals surface area (Å²) in [7, 11) is 0. The van der Waals surface area contributed by atoms with Gasteiger partial charge in [-0.15, -0.1) is 0 Å². The third-order valence-corrected chi connectivity index (χ3v) is 5.53. The third-order valence-electron chi connectivity index (χ3n) is 5.13. The number of aliphatic hydroxyl groups is 1. The summed E-state index contributed by atoms with van der Waals surface area (Å²) in [4.78, 5) is 19.7. The highest BCUT2D eigenvalue weighted by Gasteiger charge is 2.14. The minimum atomic E-state index is -0.124. The highest BCUT2D eigenvalue weighted by Crippen LogP contribution is 2.14. The van der Waals surface area contributed by atoms with Crippen molar-refractivity contribution in [1.82, 2.24) is 20.1 Å². The van der Waals surface area contributed by atoms with Crippen molar-refractivity contribution in [1.29, 1.82) is 0 Å². The van der Waals surface area contributed by atoms with Crippen LogP contribution in [0.4, 0.5) is 0 Å². The zero-order chi connectivity index (χ0) is 20.6. The summed E-state index contributed by atoms with van der Waals surface area (Å²) in [6.07, 6.45) is 0.975. The van der Waals surface area contributed by atoms with Crippen molar-refractivity contribution < 1.29 is 9.84 Å². The number of nitrogens with one attached hydrogen (secondary N) is 2. The quantitative estimate of drug-likeness (QED) is 0.439. The first kappa shape index (κ1) is 21.7. The molecule has 0 radical (unpaired) electrons. The lowest BCUT2D eigenvalue weighted by atomic mass is 10.1. The van der Waals surface area contributed by atoms with Gasteiger partial charge in [0.05, 0.1) is 26.4 Å². The first-order valence-corrected chi connectivity index (χ1v) is 10.5. The Morgan fingerprint density at radius 2 is 2.14 bits per heavy atom. The molecular weight excluding hydrogens is 388 g/mol. The number of aryl methyl sites for hydroxylation is 1. The van der Waals surface area contributed by atoms with E-state index in [0.29, 0.717) is 23.8 Å². The normalized spacial score (nSPS) is 14.8. The molecule has 0 amide bonds. The summed E-state index contributed by atoms with van der Waals surface area (Å²) in [6.45, 7) is 8.02. The van der Waals surface area contributed by atoms with Gasteiger partial charge >= 0.3 is 0 Å². The molecule has 2 heterocycles. The molecule has 29 heavy (non-hydrogen) atoms. The number of thiocarbonyl (C=S) groups is 1. The number of hydrogen-bond acceptors (Lipinski definition) is 5. The van der Waals surface area contributed by atoms with Crippen molar-refractivity contribution in [2.45, 2.75) is 19.9 Å². The molecule has 1 aromatic heterocycles. The molecule has 0 aliphatic carbocycles. The SMILES string of the molecule is Cc1ccc2cc(CN(CCO)C(=S)NCCCN3CCOCC3)c(=O)[nH]c2c1. The lowest BCUT2D eigenvalue weighted by molar-refractivity contribution is 0.0376. The minimum absolute atomic E-state index is 0.0275. The van der Waals surface area contributed by atoms with Crippen LogP contribution in [0.15, 0.2) is 29.1 Å². The van der Waals surface area contributed by atoms with E-state index in [1.807, 2.05) is 36.1 Å². The van der Waals surface area contributed by atoms with Gasteiger partial charge in [0.1, 0.15) is 0 Å². The van der Waals surface area contributed by atoms with Gasteiger partial charge in [0.25, 0.3) is 5.56 Å². The minimum Gasteiger partial charge on any atom is -0.395 e. The lowest BCUT2D eigenvalue weighted by Crippen LogP contribution is -2.43. The number of H-pyrrole nitrogens is 1. The van der Waals surface area contributed by atoms with E-state index in [9.17, 15) is 9.90 Å². The Morgan fingerprint density at radius 3 is 2.90 bits per heavy atom. The number of fused-ring (bicyclic) bond motifs is 1. The zero-order valence-electron chi connectivity index (χ0n) is 16.9. The van der Waals surface area contributed by atoms with E-state index in [4.69, 9.17) is 17.0 Å². The van der Waals surface area contributed by atoms with Crippen LogP contribution in [-0.2, 0) is 11.3 Å². The van der Waals surface area contributed by atoms with Crippen LogP contribution in [-0.4, -0.2) is 77.5 Å². The monoisotopic (exact) mass is 418 g/mol. The van der Waals surface area contributed by atoms with Crippen molar-refractivity contribution in [2.24, 2.45) is 0 Å². The largest absolute Gasteiger partial charge is 0.395 e. The summed E-state index contributed by atoms with van der Waals surface area (Å²) in [5, 5.41) is 14.3. The molecule has 3 N–H and O–H groups in total. The highest BCUT2D eigenvalue weighted by atomic mass is 32.1. The average Bonchev–Trinajstić information content (AvgIpc) is 2.72. The Morgan fingerprint density at radius 1 is 1.34 bits per heavy atom. The van der Waals surface area contributed by atoms with Crippen LogP contribution in [0.1, 0.15) is 17.5 Å². The topological polar surface area (TPSA) is 80.8 Å². The van der Waals surface area contributed by atoms with Gasteiger partial charge in [-0.05, 0) is 55.2 Å². The molecule has 1 aromatic carbocycles. The Kier molecular flexibility index (Phi) is 8.00. The number of benzene rings is 1. The van der Waals surface area contributed by atoms with E-state index in [-0.39, 0.29) is 12.2 Å². The fourth-order valence-corrected chi connectivity index (χ4v) is 3.75. The van der Waals surface area contributed by atoms with Crippen LogP contribution in [0.5, 0.6) is 0 Å². The number of aliphatic hydroxyl groups excluding tert-OH is 1. The number of morpholine rings is 1. The predicted molar refractivity (Wildman–Crippen MR) is 119 cm³/mol. The van der Waals surface area contributed by atoms with Gasteiger partial charge < -0.3 is 25.0 Å². The highest BCUT2D eigenvalue weighted by molar-refractivity contribution is 7.80. The zero-order valence-corrected chi connectivity index (χ0v) is 17.8. The summed E-state index contributed by atoms with van der Waals surface area (Å²) in [5.74, 6) is 0. The molecule has 1 aliphatic heterocycles. The van der Waals surface area contributed by atoms with Gasteiger partial charge in [-0.3, -0.25) is 9.69 Å². The van der Waals surface area contributed by atoms with Gasteiger partial charge in [-0.25, -0.2) is 0 Å². The van der Waals surface area contributed by atoms with E-state index in [0.717, 1.165) is 62.3 Å². The molecule has 8 heteroatoms. The number of aromatic nitrogens is 1. The van der Waals surface area contributed by atoms with E-state index in [2.05, 4.69) is 15.2 Å². The molecule has 0 unspecified atom stereocenters. The van der Waals surface area contributed by atoms with Crippen molar-refractivity contribution in [3.8, 4) is 0 Å². The Bertz CT molecular complexity index is 880. The van der Waals surface area contributed by atoms with Crippen LogP contribution in [0.25, 0.3) is 10.9 Å². The molecule has 0 saturated carbocycles. The van der Waals surface area contributed by atoms with Gasteiger partial charge in [0.2, 0.25) is 0 Å². The molecule has 2 aromatic rings. The summed E-state index contributed by atoms with van der Waals surface area (Å²) >= 11 is 5.52. The molecule has 0 bridgehead atoms. The number of nitrogens with zero attached hydrogens (tertiary/aromatic N) is 2. The molecule has 0 spiro atoms. The van der Waals surface area contributed by atoms with Crippen molar-refractivity contribution >= 4 is 28.2 Å². The second-order valence-electron chi connectivity index (χ2n) is 7.40. The maximum atomic E-state index is 12.5. The first-order chi connectivity index (χ1) is 14.1. The molecule has 0 atom stereocenters. The van der Waals surface area contributed by atoms with Crippen molar-refractivity contribution in [3.63, 3.8) is 0 Å². The second kappa shape index (κ2) is 10.7. The van der Waals surface area contributed by atoms with Crippen LogP contribution >= 0.6 is 12.2 Å². The predicted octanol–water partition coefficient (Wildman–Crippen LogP) is 1.23. The summed E-state index contributed by atoms with van der Waals surface area (Å²) in [6, 6.07) is 7.89. The number of hydrogen-bond donors (Lipinski definition) is 3. The van der Waals surface area contributed by atoms with Crippen molar-refractivity contribution in [3.05, 3.63) is 45.7 Å². The third kappa shape index (κ3) is 6.24. The lowest BCUT2D eigenvalue weighted by Gasteiger charge is -2.27. The van der Waals surface area contributed by atoms with Gasteiger partial charge in [-0.1, -0.05) is 12.1 Å². The molecule has 3 rings (SSSR count). The Hall–Kier alpha value is -2.00. The van der Waals surface area contributed by atoms with Crippen LogP contribution < -0.4 is 10.9 Å². The molecule has 1 saturated heterocycles. The van der Waals surface area contributed by atoms with E-state index in [1.165, 1.54) is 0 Å². The molecular formula is C21H30N4O3S. The standard InChI is InChI=1S/C21H30N4O3S/c1-16-3-4-17-14-18(20(27)23-19(17)13-16)15-25(7-10-26)21(29)22-5-2-6-24-8-11-28-12-9-24/h3-4,13-14,26H,2,5-12,15H2,1H3,(H,22,29)(H,23,27). The fraction of sp³-hybridized carbons (Fsp3) is 0.524. The van der Waals surface area contributed by atoms with Gasteiger partial charge in [0.15, 0.2) is 5.11 Å². The number of pyridine rings is 1. The number of aromatic amines is 1. The average molecular weight is 419 g/mol. The second-order valence-corrected chi connectivity index (χ2v) is 7.79. The van der Waals surface area contributed by atoms with E-state index >= 15 is 0 Å². The van der Waals surface area contributed by atoms with Crippen molar-refractivity contribution in [2.75, 3.05) is 52.5 Å². The molecule has 158 valence electrons. The van der Waals surface area contributed by atoms with Crippen LogP contribution in [0.3, 0.4) is 0 Å². The molecule has 1 fully saturated rings. The maximum absolute atomic E-state index is 12.5. The van der Waals surface area contributed by atoms with E-state index < -0.39 is 0 Å². The summed E-state index contributed by atoms with van der Waals surface area (Å²) in [5.41, 5.74) is 2.44. The van der Waals surface area contributed by atoms with Gasteiger partial charge in [-0.2, -0.15) is 0 Å². The first-order valence-electron chi connectivity index (χ1n) is 10.1. The molecule has 1 aliphatic rings. The Labute approximate surface area is 176 Å². The van der Waals surface area contributed by atoms with Gasteiger partial charge in [0, 0.05) is 37.3 Å². The maximum Gasteiger partial charge on any atom is 0.253 e. The van der Waals surface area contributed by atoms with Crippen LogP contribution in [0.2, 0.25) is 0 Å². The molecule has 7 nitrogen and oxygen atoms in total. The smallest absolute Gasteiger partial charge is 0.253 e.